The summed E-state index contributed by atoms with van der Waals surface area (Å²) in [6.45, 7) is -0.323. The van der Waals surface area contributed by atoms with Gasteiger partial charge in [0.05, 0.1) is 24.6 Å². The van der Waals surface area contributed by atoms with Crippen LogP contribution >= 0.6 is 0 Å². The summed E-state index contributed by atoms with van der Waals surface area (Å²) in [5.41, 5.74) is 0.847. The zero-order valence-corrected chi connectivity index (χ0v) is 17.4. The van der Waals surface area contributed by atoms with Crippen molar-refractivity contribution in [3.8, 4) is 11.5 Å². The highest BCUT2D eigenvalue weighted by atomic mass is 16.6. The smallest absolute Gasteiger partial charge is 0.344 e. The van der Waals surface area contributed by atoms with Gasteiger partial charge in [-0.25, -0.2) is 19.2 Å². The molecule has 0 fully saturated rings. The first kappa shape index (κ1) is 25.0. The Bertz CT molecular complexity index is 912. The molecule has 0 radical (unpaired) electrons. The highest BCUT2D eigenvalue weighted by Crippen LogP contribution is 2.18. The van der Waals surface area contributed by atoms with Crippen molar-refractivity contribution in [1.29, 1.82) is 0 Å². The molecule has 0 atom stereocenters. The number of ether oxygens (including phenoxy) is 5. The lowest BCUT2D eigenvalue weighted by Gasteiger charge is -2.09. The topological polar surface area (TPSA) is 139 Å². The fourth-order valence-electron chi connectivity index (χ4n) is 2.24. The van der Waals surface area contributed by atoms with Gasteiger partial charge in [-0.05, 0) is 48.5 Å². The molecule has 33 heavy (non-hydrogen) atoms. The number of aliphatic imine (C=N–C) groups is 2. The lowest BCUT2D eigenvalue weighted by atomic mass is 10.3. The van der Waals surface area contributed by atoms with Crippen molar-refractivity contribution in [1.82, 2.24) is 0 Å². The van der Waals surface area contributed by atoms with E-state index in [1.54, 1.807) is 48.5 Å². The van der Waals surface area contributed by atoms with E-state index >= 15 is 0 Å². The van der Waals surface area contributed by atoms with E-state index in [1.807, 2.05) is 0 Å². The average molecular weight is 456 g/mol. The van der Waals surface area contributed by atoms with Crippen LogP contribution in [0.4, 0.5) is 11.4 Å². The maximum Gasteiger partial charge on any atom is 0.344 e. The summed E-state index contributed by atoms with van der Waals surface area (Å²) in [7, 11) is 0. The van der Waals surface area contributed by atoms with Gasteiger partial charge in [0.15, 0.2) is 13.2 Å². The summed E-state index contributed by atoms with van der Waals surface area (Å²) in [6.07, 6.45) is 2.85. The second-order valence-corrected chi connectivity index (χ2v) is 6.02. The number of benzene rings is 2. The van der Waals surface area contributed by atoms with E-state index in [0.717, 1.165) is 0 Å². The van der Waals surface area contributed by atoms with Gasteiger partial charge in [0.2, 0.25) is 12.2 Å². The second kappa shape index (κ2) is 14.7. The van der Waals surface area contributed by atoms with Gasteiger partial charge < -0.3 is 23.7 Å². The van der Waals surface area contributed by atoms with Crippen LogP contribution in [0.3, 0.4) is 0 Å². The molecular formula is C22H20N2O9. The van der Waals surface area contributed by atoms with E-state index in [1.165, 1.54) is 12.2 Å². The minimum absolute atomic E-state index is 0.0103. The van der Waals surface area contributed by atoms with Crippen LogP contribution < -0.4 is 9.47 Å². The lowest BCUT2D eigenvalue weighted by molar-refractivity contribution is -0.149. The first-order valence-corrected chi connectivity index (χ1v) is 9.61. The van der Waals surface area contributed by atoms with Crippen LogP contribution in [0, 0.1) is 0 Å². The molecule has 2 rings (SSSR count). The van der Waals surface area contributed by atoms with Crippen LogP contribution in [0.1, 0.15) is 0 Å². The van der Waals surface area contributed by atoms with Crippen LogP contribution in [0.5, 0.6) is 11.5 Å². The molecular weight excluding hydrogens is 436 g/mol. The summed E-state index contributed by atoms with van der Waals surface area (Å²) in [5, 5.41) is 0. The molecule has 0 aliphatic rings. The summed E-state index contributed by atoms with van der Waals surface area (Å²) in [4.78, 5) is 50.4. The van der Waals surface area contributed by atoms with Crippen molar-refractivity contribution >= 4 is 35.5 Å². The van der Waals surface area contributed by atoms with Crippen LogP contribution in [0.2, 0.25) is 0 Å². The molecule has 0 saturated heterocycles. The number of esters is 2. The maximum absolute atomic E-state index is 11.6. The molecule has 0 spiro atoms. The number of hydrogen-bond acceptors (Lipinski definition) is 11. The molecule has 0 saturated carbocycles. The Morgan fingerprint density at radius 2 is 1.03 bits per heavy atom. The predicted octanol–water partition coefficient (Wildman–Crippen LogP) is 2.18. The summed E-state index contributed by atoms with van der Waals surface area (Å²) >= 11 is 0. The Hall–Kier alpha value is -4.30. The summed E-state index contributed by atoms with van der Waals surface area (Å²) in [6, 6.07) is 12.4. The maximum atomic E-state index is 11.6. The third-order valence-electron chi connectivity index (χ3n) is 3.72. The van der Waals surface area contributed by atoms with Crippen molar-refractivity contribution in [3.63, 3.8) is 0 Å². The third-order valence-corrected chi connectivity index (χ3v) is 3.72. The van der Waals surface area contributed by atoms with Gasteiger partial charge in [0.1, 0.15) is 24.7 Å². The van der Waals surface area contributed by atoms with Crippen molar-refractivity contribution in [2.75, 3.05) is 39.6 Å². The third kappa shape index (κ3) is 10.5. The Kier molecular flexibility index (Phi) is 11.1. The Labute approximate surface area is 188 Å². The van der Waals surface area contributed by atoms with E-state index < -0.39 is 11.9 Å². The van der Waals surface area contributed by atoms with Gasteiger partial charge in [-0.15, -0.1) is 0 Å². The van der Waals surface area contributed by atoms with E-state index in [0.29, 0.717) is 22.9 Å². The molecule has 0 unspecified atom stereocenters. The highest BCUT2D eigenvalue weighted by molar-refractivity contribution is 5.71. The van der Waals surface area contributed by atoms with E-state index in [4.69, 9.17) is 23.7 Å². The largest absolute Gasteiger partial charge is 0.482 e. The highest BCUT2D eigenvalue weighted by Gasteiger charge is 2.06. The minimum Gasteiger partial charge on any atom is -0.482 e. The molecule has 0 heterocycles. The molecule has 172 valence electrons. The average Bonchev–Trinajstić information content (AvgIpc) is 2.83. The lowest BCUT2D eigenvalue weighted by Crippen LogP contribution is -2.20. The Morgan fingerprint density at radius 3 is 1.39 bits per heavy atom. The summed E-state index contributed by atoms with van der Waals surface area (Å²) in [5.74, 6) is -0.322. The van der Waals surface area contributed by atoms with Crippen LogP contribution in [0.15, 0.2) is 58.5 Å². The first-order valence-electron chi connectivity index (χ1n) is 9.61. The molecule has 0 bridgehead atoms. The fraction of sp³-hybridized carbons (Fsp3) is 0.273. The van der Waals surface area contributed by atoms with Gasteiger partial charge in [0, 0.05) is 0 Å². The quantitative estimate of drug-likeness (QED) is 0.181. The molecule has 0 amide bonds. The molecule has 0 aliphatic carbocycles. The molecule has 0 aromatic heterocycles. The first-order chi connectivity index (χ1) is 16.1. The van der Waals surface area contributed by atoms with Crippen molar-refractivity contribution < 1.29 is 42.9 Å². The molecule has 0 aliphatic heterocycles. The normalized spacial score (nSPS) is 9.70. The number of isocyanates is 2. The zero-order valence-electron chi connectivity index (χ0n) is 17.4. The zero-order chi connectivity index (χ0) is 23.7. The van der Waals surface area contributed by atoms with Crippen LogP contribution in [-0.4, -0.2) is 63.7 Å². The predicted molar refractivity (Wildman–Crippen MR) is 112 cm³/mol. The molecule has 0 N–H and O–H groups in total. The van der Waals surface area contributed by atoms with E-state index in [-0.39, 0.29) is 39.6 Å². The van der Waals surface area contributed by atoms with Crippen molar-refractivity contribution in [2.45, 2.75) is 0 Å². The van der Waals surface area contributed by atoms with Gasteiger partial charge in [-0.3, -0.25) is 0 Å². The van der Waals surface area contributed by atoms with E-state index in [9.17, 15) is 19.2 Å². The summed E-state index contributed by atoms with van der Waals surface area (Å²) < 4.78 is 25.6. The standard InChI is InChI=1S/C22H20N2O9/c25-15-23-17-1-5-19(6-2-17)32-13-21(27)30-11-9-29-10-12-31-22(28)14-33-20-7-3-18(4-8-20)24-16-26/h1-8H,9-14H2. The second-order valence-electron chi connectivity index (χ2n) is 6.02. The van der Waals surface area contributed by atoms with E-state index in [2.05, 4.69) is 9.98 Å². The molecule has 2 aromatic rings. The number of nitrogens with zero attached hydrogens (tertiary/aromatic N) is 2. The number of carbonyl (C=O) groups is 2. The fourth-order valence-corrected chi connectivity index (χ4v) is 2.24. The Morgan fingerprint density at radius 1 is 0.636 bits per heavy atom. The van der Waals surface area contributed by atoms with Crippen LogP contribution in [-0.2, 0) is 33.4 Å². The number of hydrogen-bond donors (Lipinski definition) is 0. The van der Waals surface area contributed by atoms with Gasteiger partial charge in [-0.2, -0.15) is 9.98 Å². The SMILES string of the molecule is O=C=Nc1ccc(OCC(=O)OCCOCCOC(=O)COc2ccc(N=C=O)cc2)cc1. The molecule has 11 nitrogen and oxygen atoms in total. The van der Waals surface area contributed by atoms with Crippen molar-refractivity contribution in [3.05, 3.63) is 48.5 Å². The molecule has 11 heteroatoms. The molecule has 2 aromatic carbocycles. The number of rotatable bonds is 14. The number of carbonyl (C=O) groups excluding carboxylic acids is 4. The van der Waals surface area contributed by atoms with Crippen LogP contribution in [0.25, 0.3) is 0 Å². The monoisotopic (exact) mass is 456 g/mol. The minimum atomic E-state index is -0.580. The van der Waals surface area contributed by atoms with Gasteiger partial charge >= 0.3 is 11.9 Å². The van der Waals surface area contributed by atoms with Gasteiger partial charge in [-0.1, -0.05) is 0 Å². The Balaban J connectivity index is 1.47. The van der Waals surface area contributed by atoms with Crippen molar-refractivity contribution in [2.24, 2.45) is 9.98 Å². The van der Waals surface area contributed by atoms with Gasteiger partial charge in [0.25, 0.3) is 0 Å².